The van der Waals surface area contributed by atoms with Crippen molar-refractivity contribution in [3.8, 4) is 0 Å². The first kappa shape index (κ1) is 16.5. The molecular weight excluding hydrogens is 282 g/mol. The normalized spacial score (nSPS) is 25.1. The maximum atomic E-state index is 12.5. The number of benzene rings is 1. The Morgan fingerprint density at radius 3 is 2.27 bits per heavy atom. The lowest BCUT2D eigenvalue weighted by Gasteiger charge is -2.30. The lowest BCUT2D eigenvalue weighted by atomic mass is 9.99. The van der Waals surface area contributed by atoms with Crippen LogP contribution >= 0.6 is 0 Å². The van der Waals surface area contributed by atoms with Crippen LogP contribution in [0.3, 0.4) is 0 Å². The van der Waals surface area contributed by atoms with Crippen LogP contribution in [0.5, 0.6) is 0 Å². The Labute approximate surface area is 131 Å². The number of carbonyl (C=O) groups is 2. The van der Waals surface area contributed by atoms with Crippen molar-refractivity contribution in [3.05, 3.63) is 35.9 Å². The van der Waals surface area contributed by atoms with Gasteiger partial charge in [-0.3, -0.25) is 9.69 Å². The second-order valence-corrected chi connectivity index (χ2v) is 6.51. The minimum absolute atomic E-state index is 0.105. The fraction of sp³-hybridized carbons (Fsp3) is 0.529. The second kappa shape index (κ2) is 6.08. The van der Waals surface area contributed by atoms with E-state index >= 15 is 0 Å². The molecule has 1 fully saturated rings. The van der Waals surface area contributed by atoms with Crippen molar-refractivity contribution < 1.29 is 19.1 Å². The van der Waals surface area contributed by atoms with E-state index in [0.717, 1.165) is 5.56 Å². The minimum Gasteiger partial charge on any atom is -0.444 e. The quantitative estimate of drug-likeness (QED) is 0.841. The smallest absolute Gasteiger partial charge is 0.412 e. The first-order valence-electron chi connectivity index (χ1n) is 7.43. The largest absolute Gasteiger partial charge is 0.444 e. The third-order valence-corrected chi connectivity index (χ3v) is 3.47. The number of Topliss-reactive ketones (excluding diaryl/α,β-unsaturated/α-hetero) is 1. The summed E-state index contributed by atoms with van der Waals surface area (Å²) in [6.45, 7) is 8.67. The van der Waals surface area contributed by atoms with Gasteiger partial charge in [-0.15, -0.1) is 0 Å². The van der Waals surface area contributed by atoms with Crippen molar-refractivity contribution in [1.82, 2.24) is 4.90 Å². The van der Waals surface area contributed by atoms with Gasteiger partial charge in [-0.05, 0) is 40.2 Å². The Hall–Kier alpha value is -1.88. The summed E-state index contributed by atoms with van der Waals surface area (Å²) < 4.78 is 11.2. The van der Waals surface area contributed by atoms with Crippen molar-refractivity contribution >= 4 is 11.9 Å². The Balaban J connectivity index is 2.37. The van der Waals surface area contributed by atoms with Gasteiger partial charge in [0.05, 0.1) is 6.04 Å². The third kappa shape index (κ3) is 3.47. The highest BCUT2D eigenvalue weighted by Crippen LogP contribution is 2.37. The molecule has 1 unspecified atom stereocenters. The van der Waals surface area contributed by atoms with Crippen molar-refractivity contribution in [2.24, 2.45) is 0 Å². The minimum atomic E-state index is -0.676. The topological polar surface area (TPSA) is 55.8 Å². The van der Waals surface area contributed by atoms with Crippen molar-refractivity contribution in [2.45, 2.75) is 58.6 Å². The summed E-state index contributed by atoms with van der Waals surface area (Å²) in [5.74, 6) is -0.105. The first-order chi connectivity index (χ1) is 10.2. The molecule has 1 aromatic carbocycles. The summed E-state index contributed by atoms with van der Waals surface area (Å²) >= 11 is 0. The molecule has 0 radical (unpaired) electrons. The van der Waals surface area contributed by atoms with Gasteiger partial charge in [0.25, 0.3) is 0 Å². The third-order valence-electron chi connectivity index (χ3n) is 3.47. The monoisotopic (exact) mass is 305 g/mol. The highest BCUT2D eigenvalue weighted by Gasteiger charge is 2.47. The summed E-state index contributed by atoms with van der Waals surface area (Å²) in [6.07, 6.45) is -1.67. The van der Waals surface area contributed by atoms with E-state index < -0.39 is 30.1 Å². The molecular formula is C17H23NO4. The van der Waals surface area contributed by atoms with Crippen molar-refractivity contribution in [3.63, 3.8) is 0 Å². The standard InChI is InChI=1S/C17H23NO4/c1-11(19)15-14(13-9-7-6-8-10-13)18(12(2)21-15)16(20)22-17(3,4)5/h6-10,12,14-15H,1-5H3/t12-,14?,15+/m1/s1. The second-order valence-electron chi connectivity index (χ2n) is 6.51. The van der Waals surface area contributed by atoms with E-state index in [1.165, 1.54) is 11.8 Å². The number of ether oxygens (including phenoxy) is 2. The van der Waals surface area contributed by atoms with Crippen LogP contribution in [0.2, 0.25) is 0 Å². The van der Waals surface area contributed by atoms with Gasteiger partial charge in [0.2, 0.25) is 0 Å². The van der Waals surface area contributed by atoms with Crippen molar-refractivity contribution in [1.29, 1.82) is 0 Å². The van der Waals surface area contributed by atoms with E-state index in [1.807, 2.05) is 51.1 Å². The van der Waals surface area contributed by atoms with Gasteiger partial charge in [0.15, 0.2) is 5.78 Å². The molecule has 1 aromatic rings. The number of carbonyl (C=O) groups excluding carboxylic acids is 2. The van der Waals surface area contributed by atoms with Gasteiger partial charge in [-0.2, -0.15) is 0 Å². The van der Waals surface area contributed by atoms with Gasteiger partial charge in [0.1, 0.15) is 17.9 Å². The lowest BCUT2D eigenvalue weighted by Crippen LogP contribution is -2.41. The molecule has 0 spiro atoms. The maximum absolute atomic E-state index is 12.5. The molecule has 1 saturated heterocycles. The molecule has 5 heteroatoms. The van der Waals surface area contributed by atoms with Crippen LogP contribution in [-0.2, 0) is 14.3 Å². The number of hydrogen-bond donors (Lipinski definition) is 0. The maximum Gasteiger partial charge on any atom is 0.412 e. The molecule has 1 amide bonds. The first-order valence-corrected chi connectivity index (χ1v) is 7.43. The molecule has 3 atom stereocenters. The molecule has 0 aliphatic carbocycles. The molecule has 1 aliphatic heterocycles. The zero-order chi connectivity index (χ0) is 16.5. The van der Waals surface area contributed by atoms with E-state index in [4.69, 9.17) is 9.47 Å². The Morgan fingerprint density at radius 2 is 1.77 bits per heavy atom. The van der Waals surface area contributed by atoms with E-state index in [1.54, 1.807) is 6.92 Å². The highest BCUT2D eigenvalue weighted by molar-refractivity contribution is 5.83. The fourth-order valence-corrected chi connectivity index (χ4v) is 2.60. The molecule has 2 rings (SSSR count). The lowest BCUT2D eigenvalue weighted by molar-refractivity contribution is -0.128. The SMILES string of the molecule is CC(=O)[C@@H]1O[C@H](C)N(C(=O)OC(C)(C)C)C1c1ccccc1. The summed E-state index contributed by atoms with van der Waals surface area (Å²) in [4.78, 5) is 26.0. The summed E-state index contributed by atoms with van der Waals surface area (Å²) in [5.41, 5.74) is 0.254. The van der Waals surface area contributed by atoms with Gasteiger partial charge in [-0.1, -0.05) is 30.3 Å². The molecule has 0 saturated carbocycles. The number of nitrogens with zero attached hydrogens (tertiary/aromatic N) is 1. The average molecular weight is 305 g/mol. The molecule has 22 heavy (non-hydrogen) atoms. The predicted octanol–water partition coefficient (Wildman–Crippen LogP) is 3.30. The van der Waals surface area contributed by atoms with Crippen LogP contribution in [0.4, 0.5) is 4.79 Å². The van der Waals surface area contributed by atoms with Crippen LogP contribution in [0.25, 0.3) is 0 Å². The van der Waals surface area contributed by atoms with Crippen LogP contribution in [0.15, 0.2) is 30.3 Å². The summed E-state index contributed by atoms with van der Waals surface area (Å²) in [5, 5.41) is 0. The summed E-state index contributed by atoms with van der Waals surface area (Å²) in [7, 11) is 0. The van der Waals surface area contributed by atoms with E-state index in [0.29, 0.717) is 0 Å². The molecule has 0 aromatic heterocycles. The molecule has 1 aliphatic rings. The molecule has 0 bridgehead atoms. The van der Waals surface area contributed by atoms with Crippen molar-refractivity contribution in [2.75, 3.05) is 0 Å². The fourth-order valence-electron chi connectivity index (χ4n) is 2.60. The van der Waals surface area contributed by atoms with Gasteiger partial charge < -0.3 is 9.47 Å². The van der Waals surface area contributed by atoms with Crippen LogP contribution < -0.4 is 0 Å². The molecule has 120 valence electrons. The molecule has 5 nitrogen and oxygen atoms in total. The highest BCUT2D eigenvalue weighted by atomic mass is 16.6. The van der Waals surface area contributed by atoms with E-state index in [9.17, 15) is 9.59 Å². The predicted molar refractivity (Wildman–Crippen MR) is 82.3 cm³/mol. The average Bonchev–Trinajstić information content (AvgIpc) is 2.75. The number of amides is 1. The van der Waals surface area contributed by atoms with Gasteiger partial charge in [-0.25, -0.2) is 4.79 Å². The van der Waals surface area contributed by atoms with Crippen LogP contribution in [0.1, 0.15) is 46.2 Å². The number of rotatable bonds is 2. The van der Waals surface area contributed by atoms with Gasteiger partial charge in [0, 0.05) is 0 Å². The zero-order valence-electron chi connectivity index (χ0n) is 13.7. The Bertz CT molecular complexity index is 550. The Morgan fingerprint density at radius 1 is 1.18 bits per heavy atom. The van der Waals surface area contributed by atoms with Gasteiger partial charge >= 0.3 is 6.09 Å². The van der Waals surface area contributed by atoms with E-state index in [-0.39, 0.29) is 5.78 Å². The zero-order valence-corrected chi connectivity index (χ0v) is 13.7. The number of ketones is 1. The van der Waals surface area contributed by atoms with Crippen LogP contribution in [0, 0.1) is 0 Å². The molecule has 1 heterocycles. The molecule has 0 N–H and O–H groups in total. The van der Waals surface area contributed by atoms with Crippen LogP contribution in [-0.4, -0.2) is 34.7 Å². The summed E-state index contributed by atoms with van der Waals surface area (Å²) in [6, 6.07) is 8.96. The Kier molecular flexibility index (Phi) is 4.56. The number of hydrogen-bond acceptors (Lipinski definition) is 4. The van der Waals surface area contributed by atoms with E-state index in [2.05, 4.69) is 0 Å².